The molecule has 0 saturated carbocycles. The quantitative estimate of drug-likeness (QED) is 0.446. The van der Waals surface area contributed by atoms with Gasteiger partial charge in [-0.25, -0.2) is 5.43 Å². The zero-order valence-electron chi connectivity index (χ0n) is 16.9. The summed E-state index contributed by atoms with van der Waals surface area (Å²) in [5.41, 5.74) is 6.02. The zero-order valence-corrected chi connectivity index (χ0v) is 16.9. The van der Waals surface area contributed by atoms with Crippen LogP contribution >= 0.6 is 0 Å². The Morgan fingerprint density at radius 1 is 0.800 bits per heavy atom. The van der Waals surface area contributed by atoms with Crippen LogP contribution in [0.15, 0.2) is 96.1 Å². The van der Waals surface area contributed by atoms with Gasteiger partial charge < -0.3 is 5.32 Å². The molecule has 0 atom stereocenters. The van der Waals surface area contributed by atoms with Gasteiger partial charge >= 0.3 is 0 Å². The van der Waals surface area contributed by atoms with Gasteiger partial charge in [-0.2, -0.15) is 5.10 Å². The van der Waals surface area contributed by atoms with Gasteiger partial charge in [0.25, 0.3) is 5.91 Å². The van der Waals surface area contributed by atoms with Crippen LogP contribution in [0.5, 0.6) is 0 Å². The minimum Gasteiger partial charge on any atom is -0.346 e. The second kappa shape index (κ2) is 10.7. The minimum atomic E-state index is -0.487. The van der Waals surface area contributed by atoms with E-state index in [-0.39, 0.29) is 18.4 Å². The molecule has 3 aromatic carbocycles. The predicted octanol–water partition coefficient (Wildman–Crippen LogP) is 3.87. The van der Waals surface area contributed by atoms with Crippen molar-refractivity contribution in [1.29, 1.82) is 0 Å². The molecule has 0 aliphatic rings. The maximum Gasteiger partial charge on any atom is 0.259 e. The molecule has 5 nitrogen and oxygen atoms in total. The SMILES string of the molecule is CC/C(=N\NC(=O)CNC(=O)C(c1ccccc1)c1ccccc1)c1ccccc1. The van der Waals surface area contributed by atoms with Crippen molar-refractivity contribution in [2.75, 3.05) is 6.54 Å². The number of hydrazone groups is 1. The number of hydrogen-bond acceptors (Lipinski definition) is 3. The largest absolute Gasteiger partial charge is 0.346 e. The molecule has 0 radical (unpaired) electrons. The molecule has 2 N–H and O–H groups in total. The van der Waals surface area contributed by atoms with Crippen LogP contribution < -0.4 is 10.7 Å². The summed E-state index contributed by atoms with van der Waals surface area (Å²) in [6, 6.07) is 28.7. The fraction of sp³-hybridized carbons (Fsp3) is 0.160. The lowest BCUT2D eigenvalue weighted by molar-refractivity contribution is -0.126. The van der Waals surface area contributed by atoms with Crippen LogP contribution in [0.25, 0.3) is 0 Å². The Balaban J connectivity index is 1.65. The third-order valence-electron chi connectivity index (χ3n) is 4.71. The van der Waals surface area contributed by atoms with Gasteiger partial charge in [0, 0.05) is 0 Å². The fourth-order valence-electron chi connectivity index (χ4n) is 3.20. The summed E-state index contributed by atoms with van der Waals surface area (Å²) in [5, 5.41) is 6.96. The van der Waals surface area contributed by atoms with E-state index in [2.05, 4.69) is 15.8 Å². The van der Waals surface area contributed by atoms with Crippen molar-refractivity contribution in [3.8, 4) is 0 Å². The van der Waals surface area contributed by atoms with E-state index in [1.165, 1.54) is 0 Å². The van der Waals surface area contributed by atoms with E-state index in [1.807, 2.05) is 97.9 Å². The van der Waals surface area contributed by atoms with Crippen LogP contribution in [0.2, 0.25) is 0 Å². The number of nitrogens with zero attached hydrogens (tertiary/aromatic N) is 1. The summed E-state index contributed by atoms with van der Waals surface area (Å²) >= 11 is 0. The van der Waals surface area contributed by atoms with Gasteiger partial charge in [-0.1, -0.05) is 97.9 Å². The zero-order chi connectivity index (χ0) is 21.2. The third kappa shape index (κ3) is 5.64. The molecule has 5 heteroatoms. The number of amides is 2. The Labute approximate surface area is 176 Å². The van der Waals surface area contributed by atoms with Gasteiger partial charge in [0.1, 0.15) is 0 Å². The number of carbonyl (C=O) groups excluding carboxylic acids is 2. The Morgan fingerprint density at radius 2 is 1.30 bits per heavy atom. The first-order valence-electron chi connectivity index (χ1n) is 9.97. The van der Waals surface area contributed by atoms with Crippen LogP contribution in [0.3, 0.4) is 0 Å². The number of hydrogen-bond donors (Lipinski definition) is 2. The van der Waals surface area contributed by atoms with Gasteiger partial charge in [0.05, 0.1) is 18.2 Å². The summed E-state index contributed by atoms with van der Waals surface area (Å²) in [7, 11) is 0. The average molecular weight is 399 g/mol. The van der Waals surface area contributed by atoms with E-state index in [9.17, 15) is 9.59 Å². The van der Waals surface area contributed by atoms with Crippen LogP contribution in [0, 0.1) is 0 Å². The first-order chi connectivity index (χ1) is 14.7. The molecule has 3 aromatic rings. The molecule has 0 saturated heterocycles. The van der Waals surface area contributed by atoms with Crippen LogP contribution in [0.1, 0.15) is 36.0 Å². The molecule has 0 aliphatic carbocycles. The number of nitrogens with one attached hydrogen (secondary N) is 2. The Hall–Kier alpha value is -3.73. The van der Waals surface area contributed by atoms with Crippen molar-refractivity contribution in [3.05, 3.63) is 108 Å². The summed E-state index contributed by atoms with van der Waals surface area (Å²) in [6.07, 6.45) is 0.681. The van der Waals surface area contributed by atoms with Gasteiger partial charge in [-0.3, -0.25) is 9.59 Å². The topological polar surface area (TPSA) is 70.6 Å². The maximum absolute atomic E-state index is 12.9. The van der Waals surface area contributed by atoms with Gasteiger partial charge in [-0.05, 0) is 23.1 Å². The lowest BCUT2D eigenvalue weighted by Crippen LogP contribution is -2.38. The molecule has 0 spiro atoms. The van der Waals surface area contributed by atoms with Crippen LogP contribution in [0.4, 0.5) is 0 Å². The normalized spacial score (nSPS) is 11.2. The summed E-state index contributed by atoms with van der Waals surface area (Å²) in [4.78, 5) is 25.2. The van der Waals surface area contributed by atoms with Gasteiger partial charge in [0.2, 0.25) is 5.91 Å². The first kappa shape index (κ1) is 21.0. The van der Waals surface area contributed by atoms with E-state index >= 15 is 0 Å². The first-order valence-corrected chi connectivity index (χ1v) is 9.97. The van der Waals surface area contributed by atoms with Crippen molar-refractivity contribution >= 4 is 17.5 Å². The highest BCUT2D eigenvalue weighted by atomic mass is 16.2. The number of benzene rings is 3. The van der Waals surface area contributed by atoms with Crippen molar-refractivity contribution < 1.29 is 9.59 Å². The molecule has 0 unspecified atom stereocenters. The summed E-state index contributed by atoms with van der Waals surface area (Å²) in [6.45, 7) is 1.83. The molecule has 152 valence electrons. The lowest BCUT2D eigenvalue weighted by atomic mass is 9.90. The molecule has 2 amide bonds. The third-order valence-corrected chi connectivity index (χ3v) is 4.71. The maximum atomic E-state index is 12.9. The summed E-state index contributed by atoms with van der Waals surface area (Å²) in [5.74, 6) is -1.09. The minimum absolute atomic E-state index is 0.149. The smallest absolute Gasteiger partial charge is 0.259 e. The standard InChI is InChI=1S/C25H25N3O2/c1-2-22(19-12-6-3-7-13-19)27-28-23(29)18-26-25(30)24(20-14-8-4-9-15-20)21-16-10-5-11-17-21/h3-17,24H,2,18H2,1H3,(H,26,30)(H,28,29)/b27-22+. The van der Waals surface area contributed by atoms with Crippen molar-refractivity contribution in [1.82, 2.24) is 10.7 Å². The highest BCUT2D eigenvalue weighted by molar-refractivity contribution is 6.01. The second-order valence-electron chi connectivity index (χ2n) is 6.79. The molecular weight excluding hydrogens is 374 g/mol. The van der Waals surface area contributed by atoms with Gasteiger partial charge in [-0.15, -0.1) is 0 Å². The highest BCUT2D eigenvalue weighted by Crippen LogP contribution is 2.24. The summed E-state index contributed by atoms with van der Waals surface area (Å²) < 4.78 is 0. The molecule has 0 heterocycles. The van der Waals surface area contributed by atoms with E-state index in [1.54, 1.807) is 0 Å². The fourth-order valence-corrected chi connectivity index (χ4v) is 3.20. The molecule has 0 aliphatic heterocycles. The van der Waals surface area contributed by atoms with Gasteiger partial charge in [0.15, 0.2) is 0 Å². The van der Waals surface area contributed by atoms with Crippen molar-refractivity contribution in [2.24, 2.45) is 5.10 Å². The Morgan fingerprint density at radius 3 is 1.80 bits per heavy atom. The predicted molar refractivity (Wildman–Crippen MR) is 119 cm³/mol. The monoisotopic (exact) mass is 399 g/mol. The van der Waals surface area contributed by atoms with E-state index in [4.69, 9.17) is 0 Å². The molecular formula is C25H25N3O2. The molecule has 30 heavy (non-hydrogen) atoms. The molecule has 0 aromatic heterocycles. The molecule has 3 rings (SSSR count). The highest BCUT2D eigenvalue weighted by Gasteiger charge is 2.22. The van der Waals surface area contributed by atoms with Crippen LogP contribution in [-0.2, 0) is 9.59 Å². The van der Waals surface area contributed by atoms with E-state index < -0.39 is 5.92 Å². The number of rotatable bonds is 8. The van der Waals surface area contributed by atoms with Crippen molar-refractivity contribution in [2.45, 2.75) is 19.3 Å². The van der Waals surface area contributed by atoms with E-state index in [0.29, 0.717) is 6.42 Å². The Kier molecular flexibility index (Phi) is 7.50. The number of carbonyl (C=O) groups is 2. The lowest BCUT2D eigenvalue weighted by Gasteiger charge is -2.17. The second-order valence-corrected chi connectivity index (χ2v) is 6.79. The Bertz CT molecular complexity index is 947. The van der Waals surface area contributed by atoms with Crippen molar-refractivity contribution in [3.63, 3.8) is 0 Å². The van der Waals surface area contributed by atoms with Crippen LogP contribution in [-0.4, -0.2) is 24.1 Å². The van der Waals surface area contributed by atoms with E-state index in [0.717, 1.165) is 22.4 Å². The molecule has 0 fully saturated rings. The molecule has 0 bridgehead atoms. The average Bonchev–Trinajstić information content (AvgIpc) is 2.80.